The van der Waals surface area contributed by atoms with E-state index in [-0.39, 0.29) is 23.7 Å². The molecule has 0 fully saturated rings. The minimum Gasteiger partial charge on any atom is -0.462 e. The number of rotatable bonds is 5. The van der Waals surface area contributed by atoms with Gasteiger partial charge in [-0.15, -0.1) is 0 Å². The molecule has 25 heavy (non-hydrogen) atoms. The summed E-state index contributed by atoms with van der Waals surface area (Å²) in [7, 11) is 0. The number of nitrogens with zero attached hydrogens (tertiary/aromatic N) is 1. The molecule has 0 bridgehead atoms. The SMILES string of the molecule is CCOC(=O)c1ccc(Oc2cccc(C(F)(F)F)c2)c([N+](=O)[O-])c1. The lowest BCUT2D eigenvalue weighted by Crippen LogP contribution is -2.06. The van der Waals surface area contributed by atoms with Gasteiger partial charge < -0.3 is 9.47 Å². The first-order chi connectivity index (χ1) is 11.7. The van der Waals surface area contributed by atoms with Gasteiger partial charge in [0.15, 0.2) is 0 Å². The fourth-order valence-electron chi connectivity index (χ4n) is 1.95. The Balaban J connectivity index is 2.36. The summed E-state index contributed by atoms with van der Waals surface area (Å²) < 4.78 is 48.1. The second-order valence-electron chi connectivity index (χ2n) is 4.79. The third-order valence-corrected chi connectivity index (χ3v) is 3.06. The highest BCUT2D eigenvalue weighted by atomic mass is 19.4. The van der Waals surface area contributed by atoms with E-state index in [0.29, 0.717) is 0 Å². The predicted molar refractivity (Wildman–Crippen MR) is 80.6 cm³/mol. The predicted octanol–water partition coefficient (Wildman–Crippen LogP) is 4.58. The van der Waals surface area contributed by atoms with Crippen LogP contribution < -0.4 is 4.74 Å². The Morgan fingerprint density at radius 3 is 2.52 bits per heavy atom. The van der Waals surface area contributed by atoms with Crippen molar-refractivity contribution >= 4 is 11.7 Å². The molecule has 0 aliphatic rings. The average Bonchev–Trinajstić information content (AvgIpc) is 2.54. The molecule has 0 unspecified atom stereocenters. The first-order valence-corrected chi connectivity index (χ1v) is 7.03. The fraction of sp³-hybridized carbons (Fsp3) is 0.188. The number of carbonyl (C=O) groups excluding carboxylic acids is 1. The van der Waals surface area contributed by atoms with Crippen molar-refractivity contribution in [3.05, 3.63) is 63.7 Å². The van der Waals surface area contributed by atoms with Gasteiger partial charge in [-0.25, -0.2) is 4.79 Å². The van der Waals surface area contributed by atoms with E-state index in [0.717, 1.165) is 30.3 Å². The molecule has 0 amide bonds. The summed E-state index contributed by atoms with van der Waals surface area (Å²) in [6.07, 6.45) is -4.57. The fourth-order valence-corrected chi connectivity index (χ4v) is 1.95. The Morgan fingerprint density at radius 2 is 1.92 bits per heavy atom. The van der Waals surface area contributed by atoms with Crippen LogP contribution >= 0.6 is 0 Å². The molecule has 132 valence electrons. The molecule has 2 rings (SSSR count). The highest BCUT2D eigenvalue weighted by Crippen LogP contribution is 2.35. The highest BCUT2D eigenvalue weighted by molar-refractivity contribution is 5.90. The van der Waals surface area contributed by atoms with Gasteiger partial charge in [-0.1, -0.05) is 6.07 Å². The Morgan fingerprint density at radius 1 is 1.20 bits per heavy atom. The average molecular weight is 355 g/mol. The zero-order valence-corrected chi connectivity index (χ0v) is 12.9. The molecule has 6 nitrogen and oxygen atoms in total. The first kappa shape index (κ1) is 18.2. The summed E-state index contributed by atoms with van der Waals surface area (Å²) in [4.78, 5) is 22.0. The molecule has 2 aromatic carbocycles. The number of esters is 1. The maximum atomic E-state index is 12.7. The number of hydrogen-bond acceptors (Lipinski definition) is 5. The Hall–Kier alpha value is -3.10. The lowest BCUT2D eigenvalue weighted by molar-refractivity contribution is -0.385. The van der Waals surface area contributed by atoms with Gasteiger partial charge in [0.1, 0.15) is 5.75 Å². The third-order valence-electron chi connectivity index (χ3n) is 3.06. The summed E-state index contributed by atoms with van der Waals surface area (Å²) in [6.45, 7) is 1.67. The maximum Gasteiger partial charge on any atom is 0.416 e. The van der Waals surface area contributed by atoms with Gasteiger partial charge in [-0.3, -0.25) is 10.1 Å². The topological polar surface area (TPSA) is 78.7 Å². The van der Waals surface area contributed by atoms with Crippen LogP contribution in [-0.2, 0) is 10.9 Å². The zero-order chi connectivity index (χ0) is 18.6. The van der Waals surface area contributed by atoms with Crippen LogP contribution in [0.3, 0.4) is 0 Å². The Labute approximate surface area is 139 Å². The van der Waals surface area contributed by atoms with E-state index in [2.05, 4.69) is 0 Å². The molecule has 0 aromatic heterocycles. The number of benzene rings is 2. The third kappa shape index (κ3) is 4.46. The molecule has 0 N–H and O–H groups in total. The standard InChI is InChI=1S/C16H12F3NO5/c1-2-24-15(21)10-6-7-14(13(8-10)20(22)23)25-12-5-3-4-11(9-12)16(17,18)19/h3-9H,2H2,1H3. The summed E-state index contributed by atoms with van der Waals surface area (Å²) in [6, 6.07) is 7.24. The van der Waals surface area contributed by atoms with Gasteiger partial charge >= 0.3 is 17.8 Å². The number of halogens is 3. The molecule has 2 aromatic rings. The number of ether oxygens (including phenoxy) is 2. The smallest absolute Gasteiger partial charge is 0.416 e. The summed E-state index contributed by atoms with van der Waals surface area (Å²) in [5.74, 6) is -1.27. The number of nitro benzene ring substituents is 1. The highest BCUT2D eigenvalue weighted by Gasteiger charge is 2.31. The lowest BCUT2D eigenvalue weighted by atomic mass is 10.2. The quantitative estimate of drug-likeness (QED) is 0.445. The van der Waals surface area contributed by atoms with E-state index in [1.54, 1.807) is 6.92 Å². The van der Waals surface area contributed by atoms with Crippen molar-refractivity contribution in [2.45, 2.75) is 13.1 Å². The van der Waals surface area contributed by atoms with Crippen LogP contribution in [0.15, 0.2) is 42.5 Å². The van der Waals surface area contributed by atoms with E-state index in [9.17, 15) is 28.1 Å². The molecule has 0 heterocycles. The molecule has 0 radical (unpaired) electrons. The van der Waals surface area contributed by atoms with Crippen molar-refractivity contribution in [1.29, 1.82) is 0 Å². The van der Waals surface area contributed by atoms with Crippen molar-refractivity contribution in [1.82, 2.24) is 0 Å². The zero-order valence-electron chi connectivity index (χ0n) is 12.9. The van der Waals surface area contributed by atoms with Gasteiger partial charge in [0.25, 0.3) is 0 Å². The minimum atomic E-state index is -4.57. The number of hydrogen-bond donors (Lipinski definition) is 0. The molecular formula is C16H12F3NO5. The largest absolute Gasteiger partial charge is 0.462 e. The minimum absolute atomic E-state index is 0.0649. The number of nitro groups is 1. The molecule has 9 heteroatoms. The maximum absolute atomic E-state index is 12.7. The molecule has 0 saturated carbocycles. The van der Waals surface area contributed by atoms with Gasteiger partial charge in [0, 0.05) is 6.07 Å². The van der Waals surface area contributed by atoms with E-state index in [1.165, 1.54) is 12.1 Å². The summed E-state index contributed by atoms with van der Waals surface area (Å²) >= 11 is 0. The van der Waals surface area contributed by atoms with E-state index in [4.69, 9.17) is 9.47 Å². The van der Waals surface area contributed by atoms with Crippen LogP contribution in [0.5, 0.6) is 11.5 Å². The lowest BCUT2D eigenvalue weighted by Gasteiger charge is -2.10. The van der Waals surface area contributed by atoms with Gasteiger partial charge in [-0.2, -0.15) is 13.2 Å². The molecule has 0 aliphatic heterocycles. The van der Waals surface area contributed by atoms with E-state index >= 15 is 0 Å². The first-order valence-electron chi connectivity index (χ1n) is 7.03. The monoisotopic (exact) mass is 355 g/mol. The van der Waals surface area contributed by atoms with Gasteiger partial charge in [-0.05, 0) is 37.3 Å². The molecule has 0 atom stereocenters. The molecule has 0 spiro atoms. The van der Waals surface area contributed by atoms with E-state index in [1.807, 2.05) is 0 Å². The Bertz CT molecular complexity index is 805. The van der Waals surface area contributed by atoms with Crippen molar-refractivity contribution < 1.29 is 32.4 Å². The second kappa shape index (κ2) is 7.20. The molecule has 0 saturated heterocycles. The van der Waals surface area contributed by atoms with Crippen LogP contribution in [-0.4, -0.2) is 17.5 Å². The summed E-state index contributed by atoms with van der Waals surface area (Å²) in [5, 5.41) is 11.2. The number of carbonyl (C=O) groups is 1. The van der Waals surface area contributed by atoms with Crippen LogP contribution in [0.4, 0.5) is 18.9 Å². The normalized spacial score (nSPS) is 11.0. The second-order valence-corrected chi connectivity index (χ2v) is 4.79. The van der Waals surface area contributed by atoms with Crippen LogP contribution in [0.1, 0.15) is 22.8 Å². The van der Waals surface area contributed by atoms with E-state index < -0.39 is 28.3 Å². The van der Waals surface area contributed by atoms with Crippen LogP contribution in [0.25, 0.3) is 0 Å². The van der Waals surface area contributed by atoms with Crippen molar-refractivity contribution in [2.24, 2.45) is 0 Å². The van der Waals surface area contributed by atoms with Crippen LogP contribution in [0, 0.1) is 10.1 Å². The van der Waals surface area contributed by atoms with Crippen LogP contribution in [0.2, 0.25) is 0 Å². The van der Waals surface area contributed by atoms with Gasteiger partial charge in [0.05, 0.1) is 22.7 Å². The van der Waals surface area contributed by atoms with Crippen molar-refractivity contribution in [3.63, 3.8) is 0 Å². The van der Waals surface area contributed by atoms with Crippen molar-refractivity contribution in [3.8, 4) is 11.5 Å². The number of alkyl halides is 3. The molecule has 0 aliphatic carbocycles. The van der Waals surface area contributed by atoms with Crippen molar-refractivity contribution in [2.75, 3.05) is 6.61 Å². The summed E-state index contributed by atoms with van der Waals surface area (Å²) in [5.41, 5.74) is -1.58. The Kier molecular flexibility index (Phi) is 5.26. The van der Waals surface area contributed by atoms with Gasteiger partial charge in [0.2, 0.25) is 5.75 Å². The molecular weight excluding hydrogens is 343 g/mol.